The average molecular weight is 715 g/mol. The Morgan fingerprint density at radius 2 is 0.521 bits per heavy atom. The van der Waals surface area contributed by atoms with E-state index >= 15 is 0 Å². The molecule has 0 saturated heterocycles. The van der Waals surface area contributed by atoms with Crippen LogP contribution in [0.5, 0.6) is 0 Å². The Bertz CT molecular complexity index is 672. The third-order valence-electron chi connectivity index (χ3n) is 10.3. The number of unbranched alkanes of at least 4 members (excludes halogenated alkanes) is 30. The Morgan fingerprint density at radius 3 is 0.688 bits per heavy atom. The molecule has 0 spiro atoms. The molecular formula is C42H82O4S2. The van der Waals surface area contributed by atoms with Crippen molar-refractivity contribution in [3.05, 3.63) is 0 Å². The monoisotopic (exact) mass is 715 g/mol. The van der Waals surface area contributed by atoms with Gasteiger partial charge in [0, 0.05) is 0 Å². The van der Waals surface area contributed by atoms with Crippen molar-refractivity contribution in [2.45, 2.75) is 255 Å². The van der Waals surface area contributed by atoms with Crippen molar-refractivity contribution in [3.8, 4) is 0 Å². The van der Waals surface area contributed by atoms with E-state index in [4.69, 9.17) is 0 Å². The molecule has 0 aliphatic heterocycles. The van der Waals surface area contributed by atoms with Crippen LogP contribution in [0.15, 0.2) is 0 Å². The van der Waals surface area contributed by atoms with Gasteiger partial charge in [0.2, 0.25) is 0 Å². The van der Waals surface area contributed by atoms with Crippen LogP contribution in [0.25, 0.3) is 0 Å². The van der Waals surface area contributed by atoms with E-state index in [0.717, 1.165) is 38.5 Å². The van der Waals surface area contributed by atoms with Gasteiger partial charge in [-0.05, 0) is 26.7 Å². The molecule has 0 bridgehead atoms. The van der Waals surface area contributed by atoms with Gasteiger partial charge in [0.1, 0.15) is 9.49 Å². The molecule has 0 aliphatic carbocycles. The van der Waals surface area contributed by atoms with Crippen molar-refractivity contribution in [1.82, 2.24) is 0 Å². The number of rotatable bonds is 39. The fourth-order valence-corrected chi connectivity index (χ4v) is 9.57. The van der Waals surface area contributed by atoms with E-state index in [0.29, 0.717) is 12.8 Å². The molecule has 286 valence electrons. The molecule has 0 saturated carbocycles. The lowest BCUT2D eigenvalue weighted by atomic mass is 10.0. The highest BCUT2D eigenvalue weighted by Crippen LogP contribution is 2.48. The molecule has 0 aromatic rings. The Morgan fingerprint density at radius 1 is 0.354 bits per heavy atom. The van der Waals surface area contributed by atoms with Gasteiger partial charge < -0.3 is 10.2 Å². The second kappa shape index (κ2) is 33.8. The summed E-state index contributed by atoms with van der Waals surface area (Å²) in [5.74, 6) is -1.65. The molecule has 0 radical (unpaired) electrons. The van der Waals surface area contributed by atoms with Crippen LogP contribution >= 0.6 is 21.6 Å². The largest absolute Gasteiger partial charge is 0.480 e. The lowest BCUT2D eigenvalue weighted by Crippen LogP contribution is -2.35. The van der Waals surface area contributed by atoms with Gasteiger partial charge in [0.15, 0.2) is 0 Å². The smallest absolute Gasteiger partial charge is 0.320 e. The number of carboxylic acid groups (broad SMARTS) is 2. The van der Waals surface area contributed by atoms with E-state index in [2.05, 4.69) is 13.8 Å². The fraction of sp³-hybridized carbons (Fsp3) is 0.952. The van der Waals surface area contributed by atoms with Gasteiger partial charge in [0.25, 0.3) is 0 Å². The average Bonchev–Trinajstić information content (AvgIpc) is 3.06. The molecule has 0 fully saturated rings. The molecule has 2 N–H and O–H groups in total. The summed E-state index contributed by atoms with van der Waals surface area (Å²) >= 11 is 0. The van der Waals surface area contributed by atoms with E-state index in [9.17, 15) is 19.8 Å². The summed E-state index contributed by atoms with van der Waals surface area (Å²) in [5.41, 5.74) is 0. The third-order valence-corrected chi connectivity index (χ3v) is 14.4. The minimum atomic E-state index is -0.952. The first kappa shape index (κ1) is 47.6. The molecular weight excluding hydrogens is 633 g/mol. The van der Waals surface area contributed by atoms with Crippen molar-refractivity contribution in [2.75, 3.05) is 0 Å². The van der Waals surface area contributed by atoms with Gasteiger partial charge in [-0.15, -0.1) is 0 Å². The quantitative estimate of drug-likeness (QED) is 0.0488. The Kier molecular flexibility index (Phi) is 33.5. The van der Waals surface area contributed by atoms with Gasteiger partial charge in [-0.2, -0.15) is 0 Å². The topological polar surface area (TPSA) is 74.6 Å². The summed E-state index contributed by atoms with van der Waals surface area (Å²) in [6.07, 6.45) is 42.8. The van der Waals surface area contributed by atoms with Crippen molar-refractivity contribution >= 4 is 33.5 Å². The number of hydrogen-bond acceptors (Lipinski definition) is 4. The van der Waals surface area contributed by atoms with E-state index in [1.54, 1.807) is 13.8 Å². The van der Waals surface area contributed by atoms with Crippen LogP contribution in [0.2, 0.25) is 0 Å². The van der Waals surface area contributed by atoms with Crippen LogP contribution in [0.1, 0.15) is 246 Å². The zero-order valence-corrected chi connectivity index (χ0v) is 34.2. The minimum absolute atomic E-state index is 0.590. The third kappa shape index (κ3) is 28.3. The summed E-state index contributed by atoms with van der Waals surface area (Å²) in [6.45, 7) is 8.12. The molecule has 48 heavy (non-hydrogen) atoms. The zero-order valence-electron chi connectivity index (χ0n) is 32.6. The standard InChI is InChI=1S/C42H82O4S2/c1-5-7-9-11-13-15-17-19-21-23-25-27-29-31-33-35-37-41(3,39(43)44)47-48-42(4,40(45)46)38-36-34-32-30-28-26-24-22-20-18-16-14-12-10-8-6-2/h5-38H2,1-4H3,(H,43,44)(H,45,46)/t41-,42-/m0/s1. The van der Waals surface area contributed by atoms with Gasteiger partial charge in [-0.3, -0.25) is 9.59 Å². The highest BCUT2D eigenvalue weighted by Gasteiger charge is 2.40. The zero-order chi connectivity index (χ0) is 35.6. The maximum atomic E-state index is 12.2. The van der Waals surface area contributed by atoms with E-state index < -0.39 is 21.4 Å². The maximum absolute atomic E-state index is 12.2. The Hall–Kier alpha value is -0.360. The summed E-state index contributed by atoms with van der Waals surface area (Å²) in [5, 5.41) is 20.1. The number of aliphatic carboxylic acids is 2. The van der Waals surface area contributed by atoms with E-state index in [1.807, 2.05) is 0 Å². The second-order valence-electron chi connectivity index (χ2n) is 15.3. The fourth-order valence-electron chi connectivity index (χ4n) is 6.57. The normalized spacial score (nSPS) is 14.2. The first-order valence-corrected chi connectivity index (χ1v) is 23.2. The van der Waals surface area contributed by atoms with Gasteiger partial charge >= 0.3 is 11.9 Å². The second-order valence-corrected chi connectivity index (χ2v) is 18.5. The number of hydrogen-bond donors (Lipinski definition) is 2. The van der Waals surface area contributed by atoms with Crippen LogP contribution in [0.4, 0.5) is 0 Å². The number of carbonyl (C=O) groups is 2. The summed E-state index contributed by atoms with van der Waals surface area (Å²) in [7, 11) is 2.56. The first-order chi connectivity index (χ1) is 23.2. The molecule has 0 aromatic carbocycles. The molecule has 4 nitrogen and oxygen atoms in total. The lowest BCUT2D eigenvalue weighted by molar-refractivity contribution is -0.140. The molecule has 2 atom stereocenters. The summed E-state index contributed by atoms with van der Waals surface area (Å²) in [4.78, 5) is 24.5. The van der Waals surface area contributed by atoms with Gasteiger partial charge in [-0.1, -0.05) is 241 Å². The van der Waals surface area contributed by atoms with Crippen molar-refractivity contribution < 1.29 is 19.8 Å². The van der Waals surface area contributed by atoms with E-state index in [-0.39, 0.29) is 0 Å². The maximum Gasteiger partial charge on any atom is 0.320 e. The highest BCUT2D eigenvalue weighted by atomic mass is 33.1. The molecule has 0 rings (SSSR count). The van der Waals surface area contributed by atoms with Crippen LogP contribution in [0, 0.1) is 0 Å². The predicted octanol–water partition coefficient (Wildman–Crippen LogP) is 15.4. The Balaban J connectivity index is 3.98. The summed E-state index contributed by atoms with van der Waals surface area (Å²) < 4.78 is -1.90. The van der Waals surface area contributed by atoms with Crippen molar-refractivity contribution in [3.63, 3.8) is 0 Å². The van der Waals surface area contributed by atoms with Crippen LogP contribution < -0.4 is 0 Å². The van der Waals surface area contributed by atoms with E-state index in [1.165, 1.54) is 189 Å². The summed E-state index contributed by atoms with van der Waals surface area (Å²) in [6, 6.07) is 0. The van der Waals surface area contributed by atoms with Gasteiger partial charge in [0.05, 0.1) is 0 Å². The SMILES string of the molecule is CCCCCCCCCCCCCCCCCC[C@](C)(SS[C@@](C)(CCCCCCCCCCCCCCCCCC)C(=O)O)C(=O)O. The molecule has 0 aliphatic rings. The van der Waals surface area contributed by atoms with Crippen LogP contribution in [-0.4, -0.2) is 31.6 Å². The highest BCUT2D eigenvalue weighted by molar-refractivity contribution is 8.78. The molecule has 0 aromatic heterocycles. The molecule has 0 heterocycles. The van der Waals surface area contributed by atoms with Crippen molar-refractivity contribution in [2.24, 2.45) is 0 Å². The van der Waals surface area contributed by atoms with Crippen molar-refractivity contribution in [1.29, 1.82) is 0 Å². The number of carboxylic acids is 2. The molecule has 0 amide bonds. The van der Waals surface area contributed by atoms with Crippen LogP contribution in [0.3, 0.4) is 0 Å². The molecule has 0 unspecified atom stereocenters. The minimum Gasteiger partial charge on any atom is -0.480 e. The first-order valence-electron chi connectivity index (χ1n) is 21.1. The van der Waals surface area contributed by atoms with Gasteiger partial charge in [-0.25, -0.2) is 0 Å². The lowest BCUT2D eigenvalue weighted by Gasteiger charge is -2.29. The predicted molar refractivity (Wildman–Crippen MR) is 216 cm³/mol. The Labute approximate surface area is 307 Å². The van der Waals surface area contributed by atoms with Crippen LogP contribution in [-0.2, 0) is 9.59 Å². The molecule has 6 heteroatoms.